The molecule has 3 N–H and O–H groups in total. The highest BCUT2D eigenvalue weighted by Gasteiger charge is 2.23. The largest absolute Gasteiger partial charge is 0.510 e. The first kappa shape index (κ1) is 22.0. The lowest BCUT2D eigenvalue weighted by Gasteiger charge is -2.13. The fraction of sp³-hybridized carbons (Fsp3) is 0.190. The SMILES string of the molecule is CC(Sc1nnc(-c2cccs2)n1CCC(N)=O)/C(O)=C(\C#N)c1nc2ccccc2s1. The number of rotatable bonds is 8. The Kier molecular flexibility index (Phi) is 6.55. The minimum Gasteiger partial charge on any atom is -0.510 e. The fourth-order valence-electron chi connectivity index (χ4n) is 3.00. The van der Waals surface area contributed by atoms with Gasteiger partial charge in [0.05, 0.1) is 20.3 Å². The quantitative estimate of drug-likeness (QED) is 0.215. The summed E-state index contributed by atoms with van der Waals surface area (Å²) in [6, 6.07) is 13.5. The summed E-state index contributed by atoms with van der Waals surface area (Å²) in [4.78, 5) is 16.8. The standard InChI is InChI=1S/C21H18N6O2S3/c1-12(18(29)13(11-22)20-24-14-5-2-3-6-15(14)32-20)31-21-26-25-19(16-7-4-10-30-16)27(21)9-8-17(23)28/h2-7,10,12,29H,8-9H2,1H3,(H2,23,28)/b18-13-. The van der Waals surface area contributed by atoms with Crippen LogP contribution in [0.4, 0.5) is 0 Å². The summed E-state index contributed by atoms with van der Waals surface area (Å²) in [5.74, 6) is 0.120. The number of nitriles is 1. The van der Waals surface area contributed by atoms with Crippen LogP contribution >= 0.6 is 34.4 Å². The number of carbonyl (C=O) groups excluding carboxylic acids is 1. The molecule has 0 saturated carbocycles. The summed E-state index contributed by atoms with van der Waals surface area (Å²) in [5.41, 5.74) is 6.26. The molecule has 4 rings (SSSR count). The molecule has 0 spiro atoms. The molecule has 3 aromatic heterocycles. The van der Waals surface area contributed by atoms with E-state index in [1.165, 1.54) is 34.4 Å². The van der Waals surface area contributed by atoms with Crippen LogP contribution in [0, 0.1) is 11.3 Å². The number of fused-ring (bicyclic) bond motifs is 1. The van der Waals surface area contributed by atoms with Gasteiger partial charge in [-0.25, -0.2) is 4.98 Å². The normalized spacial score (nSPS) is 13.0. The number of aliphatic hydroxyl groups excluding tert-OH is 1. The zero-order valence-corrected chi connectivity index (χ0v) is 19.4. The highest BCUT2D eigenvalue weighted by Crippen LogP contribution is 2.34. The summed E-state index contributed by atoms with van der Waals surface area (Å²) in [5, 5.41) is 31.6. The van der Waals surface area contributed by atoms with E-state index < -0.39 is 11.2 Å². The second kappa shape index (κ2) is 9.52. The Bertz CT molecular complexity index is 1300. The molecule has 0 bridgehead atoms. The van der Waals surface area contributed by atoms with Crippen molar-refractivity contribution in [3.63, 3.8) is 0 Å². The van der Waals surface area contributed by atoms with Crippen molar-refractivity contribution in [1.29, 1.82) is 5.26 Å². The van der Waals surface area contributed by atoms with Crippen LogP contribution < -0.4 is 5.73 Å². The fourth-order valence-corrected chi connectivity index (χ4v) is 5.62. The first-order valence-electron chi connectivity index (χ1n) is 9.59. The first-order chi connectivity index (χ1) is 15.5. The molecule has 162 valence electrons. The summed E-state index contributed by atoms with van der Waals surface area (Å²) < 4.78 is 2.75. The average molecular weight is 483 g/mol. The van der Waals surface area contributed by atoms with Crippen molar-refractivity contribution in [1.82, 2.24) is 19.7 Å². The number of para-hydroxylation sites is 1. The molecule has 8 nitrogen and oxygen atoms in total. The minimum absolute atomic E-state index is 0.0846. The molecule has 0 aliphatic heterocycles. The van der Waals surface area contributed by atoms with E-state index in [0.29, 0.717) is 22.5 Å². The van der Waals surface area contributed by atoms with E-state index in [0.717, 1.165) is 15.1 Å². The number of benzene rings is 1. The van der Waals surface area contributed by atoms with Gasteiger partial charge in [0, 0.05) is 13.0 Å². The smallest absolute Gasteiger partial charge is 0.219 e. The molecule has 0 fully saturated rings. The van der Waals surface area contributed by atoms with Crippen LogP contribution in [0.1, 0.15) is 18.4 Å². The molecule has 0 radical (unpaired) electrons. The Balaban J connectivity index is 1.65. The van der Waals surface area contributed by atoms with Crippen molar-refractivity contribution in [3.8, 4) is 16.8 Å². The Labute approximate surface area is 196 Å². The second-order valence-corrected chi connectivity index (χ2v) is 10.1. The van der Waals surface area contributed by atoms with Crippen LogP contribution in [-0.4, -0.2) is 36.0 Å². The van der Waals surface area contributed by atoms with Crippen molar-refractivity contribution < 1.29 is 9.90 Å². The van der Waals surface area contributed by atoms with Gasteiger partial charge in [-0.05, 0) is 30.5 Å². The monoisotopic (exact) mass is 482 g/mol. The molecular weight excluding hydrogens is 464 g/mol. The van der Waals surface area contributed by atoms with E-state index in [1.807, 2.05) is 46.3 Å². The van der Waals surface area contributed by atoms with Gasteiger partial charge in [-0.2, -0.15) is 5.26 Å². The van der Waals surface area contributed by atoms with E-state index in [2.05, 4.69) is 21.3 Å². The lowest BCUT2D eigenvalue weighted by molar-refractivity contribution is -0.118. The molecule has 1 amide bonds. The van der Waals surface area contributed by atoms with Gasteiger partial charge in [-0.15, -0.1) is 32.9 Å². The molecule has 0 saturated heterocycles. The number of aliphatic hydroxyl groups is 1. The van der Waals surface area contributed by atoms with E-state index in [-0.39, 0.29) is 17.8 Å². The topological polar surface area (TPSA) is 131 Å². The van der Waals surface area contributed by atoms with Gasteiger partial charge in [-0.1, -0.05) is 30.0 Å². The molecule has 0 aliphatic rings. The van der Waals surface area contributed by atoms with Gasteiger partial charge in [0.15, 0.2) is 11.0 Å². The number of hydrogen-bond acceptors (Lipinski definition) is 9. The maximum Gasteiger partial charge on any atom is 0.219 e. The lowest BCUT2D eigenvalue weighted by Crippen LogP contribution is -2.15. The Morgan fingerprint density at radius 1 is 1.31 bits per heavy atom. The van der Waals surface area contributed by atoms with Crippen LogP contribution in [0.2, 0.25) is 0 Å². The summed E-state index contributed by atoms with van der Waals surface area (Å²) >= 11 is 4.12. The molecular formula is C21H18N6O2S3. The number of hydrogen-bond donors (Lipinski definition) is 2. The highest BCUT2D eigenvalue weighted by molar-refractivity contribution is 7.99. The van der Waals surface area contributed by atoms with Crippen LogP contribution in [0.25, 0.3) is 26.5 Å². The van der Waals surface area contributed by atoms with Crippen LogP contribution in [0.3, 0.4) is 0 Å². The van der Waals surface area contributed by atoms with Gasteiger partial charge in [0.1, 0.15) is 22.4 Å². The van der Waals surface area contributed by atoms with Crippen molar-refractivity contribution in [2.75, 3.05) is 0 Å². The number of nitrogens with zero attached hydrogens (tertiary/aromatic N) is 5. The predicted molar refractivity (Wildman–Crippen MR) is 127 cm³/mol. The molecule has 4 aromatic rings. The number of amides is 1. The highest BCUT2D eigenvalue weighted by atomic mass is 32.2. The number of thioether (sulfide) groups is 1. The third-order valence-electron chi connectivity index (χ3n) is 4.58. The molecule has 1 atom stereocenters. The maximum atomic E-state index is 11.4. The van der Waals surface area contributed by atoms with Crippen molar-refractivity contribution in [3.05, 3.63) is 52.5 Å². The van der Waals surface area contributed by atoms with Gasteiger partial charge in [0.25, 0.3) is 0 Å². The molecule has 11 heteroatoms. The number of nitrogens with two attached hydrogens (primary N) is 1. The zero-order valence-electron chi connectivity index (χ0n) is 16.9. The summed E-state index contributed by atoms with van der Waals surface area (Å²) in [6.45, 7) is 2.10. The van der Waals surface area contributed by atoms with Gasteiger partial charge < -0.3 is 15.4 Å². The van der Waals surface area contributed by atoms with Crippen LogP contribution in [0.15, 0.2) is 52.7 Å². The number of primary amides is 1. The Morgan fingerprint density at radius 3 is 2.81 bits per heavy atom. The van der Waals surface area contributed by atoms with E-state index in [9.17, 15) is 15.2 Å². The van der Waals surface area contributed by atoms with Gasteiger partial charge in [-0.3, -0.25) is 4.79 Å². The van der Waals surface area contributed by atoms with Gasteiger partial charge in [0.2, 0.25) is 5.91 Å². The van der Waals surface area contributed by atoms with E-state index in [1.54, 1.807) is 6.92 Å². The predicted octanol–water partition coefficient (Wildman–Crippen LogP) is 4.47. The third kappa shape index (κ3) is 4.52. The number of thiazole rings is 1. The number of thiophene rings is 1. The molecule has 1 aromatic carbocycles. The molecule has 0 aliphatic carbocycles. The van der Waals surface area contributed by atoms with E-state index >= 15 is 0 Å². The van der Waals surface area contributed by atoms with Gasteiger partial charge >= 0.3 is 0 Å². The van der Waals surface area contributed by atoms with E-state index in [4.69, 9.17) is 5.73 Å². The third-order valence-corrected chi connectivity index (χ3v) is 7.59. The van der Waals surface area contributed by atoms with Crippen LogP contribution in [0.5, 0.6) is 0 Å². The number of allylic oxidation sites excluding steroid dienone is 1. The summed E-state index contributed by atoms with van der Waals surface area (Å²) in [6.07, 6.45) is 0.134. The lowest BCUT2D eigenvalue weighted by atomic mass is 10.2. The molecule has 3 heterocycles. The Morgan fingerprint density at radius 2 is 2.12 bits per heavy atom. The first-order valence-corrected chi connectivity index (χ1v) is 12.2. The molecule has 32 heavy (non-hydrogen) atoms. The second-order valence-electron chi connectivity index (χ2n) is 6.77. The van der Waals surface area contributed by atoms with Crippen molar-refractivity contribution >= 4 is 56.1 Å². The number of aromatic nitrogens is 4. The molecule has 1 unspecified atom stereocenters. The summed E-state index contributed by atoms with van der Waals surface area (Å²) in [7, 11) is 0. The number of carbonyl (C=O) groups is 1. The average Bonchev–Trinajstić information content (AvgIpc) is 3.52. The van der Waals surface area contributed by atoms with Crippen LogP contribution in [-0.2, 0) is 11.3 Å². The van der Waals surface area contributed by atoms with Crippen molar-refractivity contribution in [2.24, 2.45) is 5.73 Å². The zero-order chi connectivity index (χ0) is 22.7. The minimum atomic E-state index is -0.496. The van der Waals surface area contributed by atoms with Crippen molar-refractivity contribution in [2.45, 2.75) is 30.3 Å². The maximum absolute atomic E-state index is 11.4. The Hall–Kier alpha value is -3.20.